The van der Waals surface area contributed by atoms with Gasteiger partial charge in [0.1, 0.15) is 25.4 Å². The maximum atomic E-state index is 12.6. The fourth-order valence-electron chi connectivity index (χ4n) is 2.53. The van der Waals surface area contributed by atoms with Crippen molar-refractivity contribution in [2.75, 3.05) is 5.75 Å². The second-order valence-corrected chi connectivity index (χ2v) is 6.87. The number of benzene rings is 2. The molecule has 0 fully saturated rings. The van der Waals surface area contributed by atoms with Crippen LogP contribution in [0, 0.1) is 0 Å². The van der Waals surface area contributed by atoms with Crippen molar-refractivity contribution in [3.05, 3.63) is 94.6 Å². The zero-order chi connectivity index (χ0) is 18.9. The highest BCUT2D eigenvalue weighted by atomic mass is 32.2. The lowest BCUT2D eigenvalue weighted by Gasteiger charge is -2.16. The normalized spacial score (nSPS) is 13.3. The van der Waals surface area contributed by atoms with E-state index in [4.69, 9.17) is 9.47 Å². The van der Waals surface area contributed by atoms with Crippen molar-refractivity contribution in [2.24, 2.45) is 0 Å². The molecule has 27 heavy (non-hydrogen) atoms. The van der Waals surface area contributed by atoms with Crippen molar-refractivity contribution in [1.82, 2.24) is 0 Å². The zero-order valence-corrected chi connectivity index (χ0v) is 15.6. The topological polar surface area (TPSA) is 52.6 Å². The van der Waals surface area contributed by atoms with Gasteiger partial charge in [-0.05, 0) is 22.6 Å². The van der Waals surface area contributed by atoms with Crippen LogP contribution >= 0.6 is 11.8 Å². The third-order valence-corrected chi connectivity index (χ3v) is 4.75. The third kappa shape index (κ3) is 5.86. The quantitative estimate of drug-likeness (QED) is 0.501. The molecule has 0 unspecified atom stereocenters. The van der Waals surface area contributed by atoms with Gasteiger partial charge in [-0.3, -0.25) is 9.59 Å². The molecular weight excluding hydrogens is 360 g/mol. The molecule has 4 nitrogen and oxygen atoms in total. The largest absolute Gasteiger partial charge is 0.488 e. The summed E-state index contributed by atoms with van der Waals surface area (Å²) in [7, 11) is 0. The minimum Gasteiger partial charge on any atom is -0.488 e. The lowest BCUT2D eigenvalue weighted by molar-refractivity contribution is -0.146. The average Bonchev–Trinajstić information content (AvgIpc) is 2.72. The first-order valence-corrected chi connectivity index (χ1v) is 9.68. The Morgan fingerprint density at radius 2 is 1.52 bits per heavy atom. The molecule has 0 aliphatic carbocycles. The Morgan fingerprint density at radius 3 is 2.19 bits per heavy atom. The van der Waals surface area contributed by atoms with Gasteiger partial charge in [0, 0.05) is 11.3 Å². The summed E-state index contributed by atoms with van der Waals surface area (Å²) in [5.74, 6) is 0.232. The number of rotatable bonds is 8. The highest BCUT2D eigenvalue weighted by Crippen LogP contribution is 2.24. The molecule has 3 rings (SSSR count). The van der Waals surface area contributed by atoms with E-state index in [1.54, 1.807) is 6.08 Å². The molecule has 0 aromatic heterocycles. The highest BCUT2D eigenvalue weighted by molar-refractivity contribution is 8.02. The first-order chi connectivity index (χ1) is 13.2. The standard InChI is InChI=1S/C22H20O4S/c23-20(13-22(24)26-15-18-9-5-2-6-10-18)19-16-27-12-11-21(19)25-14-17-7-3-1-4-8-17/h1-12H,13-16H2. The Bertz CT molecular complexity index is 841. The first-order valence-electron chi connectivity index (χ1n) is 8.63. The summed E-state index contributed by atoms with van der Waals surface area (Å²) >= 11 is 1.50. The summed E-state index contributed by atoms with van der Waals surface area (Å²) in [6.07, 6.45) is 1.49. The predicted molar refractivity (Wildman–Crippen MR) is 106 cm³/mol. The molecule has 1 aliphatic heterocycles. The second kappa shape index (κ2) is 9.78. The van der Waals surface area contributed by atoms with Crippen LogP contribution < -0.4 is 0 Å². The number of hydrogen-bond acceptors (Lipinski definition) is 5. The van der Waals surface area contributed by atoms with Crippen LogP contribution in [0.1, 0.15) is 17.5 Å². The Morgan fingerprint density at radius 1 is 0.889 bits per heavy atom. The summed E-state index contributed by atoms with van der Waals surface area (Å²) in [6, 6.07) is 19.1. The van der Waals surface area contributed by atoms with Gasteiger partial charge in [-0.25, -0.2) is 0 Å². The molecule has 0 amide bonds. The van der Waals surface area contributed by atoms with Crippen LogP contribution in [0.3, 0.4) is 0 Å². The number of carbonyl (C=O) groups excluding carboxylic acids is 2. The molecule has 0 radical (unpaired) electrons. The monoisotopic (exact) mass is 380 g/mol. The summed E-state index contributed by atoms with van der Waals surface area (Å²) in [5.41, 5.74) is 2.43. The number of hydrogen-bond donors (Lipinski definition) is 0. The van der Waals surface area contributed by atoms with E-state index in [0.29, 0.717) is 23.7 Å². The maximum Gasteiger partial charge on any atom is 0.314 e. The van der Waals surface area contributed by atoms with Crippen molar-refractivity contribution in [2.45, 2.75) is 19.6 Å². The lowest BCUT2D eigenvalue weighted by Crippen LogP contribution is -2.17. The fourth-order valence-corrected chi connectivity index (χ4v) is 3.31. The zero-order valence-electron chi connectivity index (χ0n) is 14.8. The Balaban J connectivity index is 1.57. The number of thioether (sulfide) groups is 1. The minimum atomic E-state index is -0.529. The van der Waals surface area contributed by atoms with Gasteiger partial charge in [0.15, 0.2) is 5.78 Å². The Labute approximate surface area is 162 Å². The SMILES string of the molecule is O=C(CC(=O)C1=C(OCc2ccccc2)C=CSC1)OCc1ccccc1. The molecule has 0 spiro atoms. The van der Waals surface area contributed by atoms with E-state index in [2.05, 4.69) is 0 Å². The fraction of sp³-hybridized carbons (Fsp3) is 0.182. The molecule has 0 N–H and O–H groups in total. The van der Waals surface area contributed by atoms with Crippen molar-refractivity contribution in [1.29, 1.82) is 0 Å². The van der Waals surface area contributed by atoms with Gasteiger partial charge in [-0.1, -0.05) is 60.7 Å². The van der Waals surface area contributed by atoms with Crippen LogP contribution in [0.15, 0.2) is 83.5 Å². The van der Waals surface area contributed by atoms with Crippen molar-refractivity contribution in [3.63, 3.8) is 0 Å². The molecule has 5 heteroatoms. The van der Waals surface area contributed by atoms with Crippen LogP contribution in [0.25, 0.3) is 0 Å². The highest BCUT2D eigenvalue weighted by Gasteiger charge is 2.21. The molecular formula is C22H20O4S. The van der Waals surface area contributed by atoms with Gasteiger partial charge in [0.2, 0.25) is 0 Å². The first kappa shape index (κ1) is 19.0. The van der Waals surface area contributed by atoms with E-state index in [0.717, 1.165) is 11.1 Å². The number of carbonyl (C=O) groups is 2. The predicted octanol–water partition coefficient (Wildman–Crippen LogP) is 4.42. The Kier molecular flexibility index (Phi) is 6.88. The van der Waals surface area contributed by atoms with E-state index in [1.165, 1.54) is 11.8 Å². The molecule has 2 aromatic rings. The van der Waals surface area contributed by atoms with E-state index in [9.17, 15) is 9.59 Å². The van der Waals surface area contributed by atoms with Gasteiger partial charge in [0.25, 0.3) is 0 Å². The van der Waals surface area contributed by atoms with Crippen LogP contribution in [-0.2, 0) is 32.3 Å². The van der Waals surface area contributed by atoms with Gasteiger partial charge in [-0.2, -0.15) is 0 Å². The summed E-state index contributed by atoms with van der Waals surface area (Å²) in [6.45, 7) is 0.540. The minimum absolute atomic E-state index is 0.165. The van der Waals surface area contributed by atoms with Crippen LogP contribution in [0.2, 0.25) is 0 Å². The van der Waals surface area contributed by atoms with E-state index < -0.39 is 5.97 Å². The van der Waals surface area contributed by atoms with Crippen molar-refractivity contribution < 1.29 is 19.1 Å². The second-order valence-electron chi connectivity index (χ2n) is 5.98. The third-order valence-electron chi connectivity index (χ3n) is 3.96. The van der Waals surface area contributed by atoms with Crippen molar-refractivity contribution in [3.8, 4) is 0 Å². The van der Waals surface area contributed by atoms with Gasteiger partial charge in [-0.15, -0.1) is 11.8 Å². The van der Waals surface area contributed by atoms with Gasteiger partial charge in [0.05, 0.1) is 0 Å². The van der Waals surface area contributed by atoms with Gasteiger partial charge < -0.3 is 9.47 Å². The molecule has 1 aliphatic rings. The summed E-state index contributed by atoms with van der Waals surface area (Å²) in [4.78, 5) is 24.6. The molecule has 138 valence electrons. The van der Waals surface area contributed by atoms with Crippen LogP contribution in [-0.4, -0.2) is 17.5 Å². The lowest BCUT2D eigenvalue weighted by atomic mass is 10.1. The summed E-state index contributed by atoms with van der Waals surface area (Å²) < 4.78 is 11.0. The number of Topliss-reactive ketones (excluding diaryl/α,β-unsaturated/α-hetero) is 1. The van der Waals surface area contributed by atoms with Crippen LogP contribution in [0.5, 0.6) is 0 Å². The number of ketones is 1. The molecule has 0 saturated carbocycles. The van der Waals surface area contributed by atoms with E-state index in [1.807, 2.05) is 66.1 Å². The molecule has 0 saturated heterocycles. The number of ether oxygens (including phenoxy) is 2. The number of esters is 1. The van der Waals surface area contributed by atoms with Crippen LogP contribution in [0.4, 0.5) is 0 Å². The molecule has 1 heterocycles. The van der Waals surface area contributed by atoms with Gasteiger partial charge >= 0.3 is 5.97 Å². The van der Waals surface area contributed by atoms with E-state index >= 15 is 0 Å². The van der Waals surface area contributed by atoms with E-state index in [-0.39, 0.29) is 18.8 Å². The average molecular weight is 380 g/mol. The number of allylic oxidation sites excluding steroid dienone is 1. The molecule has 0 bridgehead atoms. The molecule has 0 atom stereocenters. The summed E-state index contributed by atoms with van der Waals surface area (Å²) in [5, 5.41) is 1.89. The molecule has 2 aromatic carbocycles. The maximum absolute atomic E-state index is 12.6. The smallest absolute Gasteiger partial charge is 0.314 e. The van der Waals surface area contributed by atoms with Crippen molar-refractivity contribution >= 4 is 23.5 Å². The Hall–Kier alpha value is -2.79.